The molecule has 4 nitrogen and oxygen atoms in total. The summed E-state index contributed by atoms with van der Waals surface area (Å²) in [6, 6.07) is 5.25. The molecule has 0 spiro atoms. The summed E-state index contributed by atoms with van der Waals surface area (Å²) in [6.45, 7) is 6.63. The predicted molar refractivity (Wildman–Crippen MR) is 88.4 cm³/mol. The van der Waals surface area contributed by atoms with Crippen LogP contribution >= 0.6 is 23.2 Å². The minimum Gasteiger partial charge on any atom is -0.336 e. The first-order chi connectivity index (χ1) is 9.68. The van der Waals surface area contributed by atoms with Gasteiger partial charge in [0.15, 0.2) is 0 Å². The second-order valence-corrected chi connectivity index (χ2v) is 6.96. The molecular formula is C15H19Cl2N3O. The molecule has 0 aliphatic carbocycles. The summed E-state index contributed by atoms with van der Waals surface area (Å²) in [7, 11) is 1.80. The van der Waals surface area contributed by atoms with Crippen molar-refractivity contribution in [3.05, 3.63) is 28.2 Å². The third-order valence-corrected chi connectivity index (χ3v) is 3.94. The van der Waals surface area contributed by atoms with Gasteiger partial charge in [0.25, 0.3) is 5.91 Å². The zero-order valence-electron chi connectivity index (χ0n) is 12.7. The predicted octanol–water partition coefficient (Wildman–Crippen LogP) is 3.82. The van der Waals surface area contributed by atoms with Crippen molar-refractivity contribution in [2.75, 3.05) is 18.6 Å². The molecule has 0 radical (unpaired) electrons. The van der Waals surface area contributed by atoms with Gasteiger partial charge < -0.3 is 4.90 Å². The first-order valence-electron chi connectivity index (χ1n) is 6.78. The molecule has 0 unspecified atom stereocenters. The number of halogens is 2. The fourth-order valence-electron chi connectivity index (χ4n) is 1.98. The van der Waals surface area contributed by atoms with Crippen LogP contribution in [0.4, 0.5) is 5.69 Å². The highest BCUT2D eigenvalue weighted by molar-refractivity contribution is 6.39. The van der Waals surface area contributed by atoms with E-state index in [1.54, 1.807) is 35.2 Å². The molecule has 1 aliphatic rings. The molecule has 0 atom stereocenters. The van der Waals surface area contributed by atoms with E-state index in [4.69, 9.17) is 23.2 Å². The van der Waals surface area contributed by atoms with Crippen molar-refractivity contribution in [1.82, 2.24) is 4.90 Å². The Morgan fingerprint density at radius 3 is 2.33 bits per heavy atom. The smallest absolute Gasteiger partial charge is 0.270 e. The monoisotopic (exact) mass is 327 g/mol. The molecule has 0 fully saturated rings. The van der Waals surface area contributed by atoms with Crippen molar-refractivity contribution in [3.8, 4) is 0 Å². The molecular weight excluding hydrogens is 309 g/mol. The van der Waals surface area contributed by atoms with E-state index in [0.29, 0.717) is 28.7 Å². The zero-order chi connectivity index (χ0) is 15.8. The second kappa shape index (κ2) is 5.85. The largest absolute Gasteiger partial charge is 0.336 e. The van der Waals surface area contributed by atoms with E-state index < -0.39 is 0 Å². The topological polar surface area (TPSA) is 35.9 Å². The first-order valence-corrected chi connectivity index (χ1v) is 7.53. The summed E-state index contributed by atoms with van der Waals surface area (Å²) >= 11 is 12.0. The standard InChI is InChI=1S/C15H19Cl2N3O/c1-15(2,3)19(4)14(21)13-5-6-20(18-13)12-8-10(16)7-11(17)9-12/h7-9H,5-6H2,1-4H3. The molecule has 21 heavy (non-hydrogen) atoms. The maximum absolute atomic E-state index is 12.4. The molecule has 1 amide bonds. The number of carbonyl (C=O) groups excluding carboxylic acids is 1. The third-order valence-electron chi connectivity index (χ3n) is 3.50. The average Bonchev–Trinajstić information content (AvgIpc) is 2.84. The van der Waals surface area contributed by atoms with Crippen LogP contribution in [0.25, 0.3) is 0 Å². The molecule has 0 aromatic heterocycles. The van der Waals surface area contributed by atoms with E-state index in [2.05, 4.69) is 5.10 Å². The molecule has 1 heterocycles. The van der Waals surface area contributed by atoms with E-state index in [-0.39, 0.29) is 11.4 Å². The third kappa shape index (κ3) is 3.69. The lowest BCUT2D eigenvalue weighted by molar-refractivity contribution is -0.126. The molecule has 114 valence electrons. The van der Waals surface area contributed by atoms with Crippen LogP contribution in [0, 0.1) is 0 Å². The van der Waals surface area contributed by atoms with Gasteiger partial charge in [-0.2, -0.15) is 5.10 Å². The molecule has 0 N–H and O–H groups in total. The maximum atomic E-state index is 12.4. The highest BCUT2D eigenvalue weighted by Crippen LogP contribution is 2.28. The van der Waals surface area contributed by atoms with Crippen LogP contribution in [-0.2, 0) is 4.79 Å². The van der Waals surface area contributed by atoms with E-state index in [1.165, 1.54) is 0 Å². The molecule has 0 bridgehead atoms. The van der Waals surface area contributed by atoms with Crippen LogP contribution in [0.5, 0.6) is 0 Å². The minimum absolute atomic E-state index is 0.0434. The van der Waals surface area contributed by atoms with Gasteiger partial charge in [-0.3, -0.25) is 9.80 Å². The van der Waals surface area contributed by atoms with Gasteiger partial charge in [0, 0.05) is 35.6 Å². The summed E-state index contributed by atoms with van der Waals surface area (Å²) in [5, 5.41) is 7.29. The van der Waals surface area contributed by atoms with Gasteiger partial charge in [-0.15, -0.1) is 0 Å². The Balaban J connectivity index is 2.21. The number of amides is 1. The number of anilines is 1. The summed E-state index contributed by atoms with van der Waals surface area (Å²) in [6.07, 6.45) is 0.614. The van der Waals surface area contributed by atoms with Crippen LogP contribution in [0.3, 0.4) is 0 Å². The van der Waals surface area contributed by atoms with E-state index in [1.807, 2.05) is 20.8 Å². The Bertz CT molecular complexity index is 573. The molecule has 2 rings (SSSR count). The molecule has 1 aromatic carbocycles. The molecule has 1 aromatic rings. The van der Waals surface area contributed by atoms with E-state index in [0.717, 1.165) is 5.69 Å². The molecule has 1 aliphatic heterocycles. The molecule has 6 heteroatoms. The van der Waals surface area contributed by atoms with Crippen LogP contribution in [0.15, 0.2) is 23.3 Å². The zero-order valence-corrected chi connectivity index (χ0v) is 14.2. The number of hydrazone groups is 1. The number of rotatable bonds is 2. The Labute approximate surface area is 135 Å². The Kier molecular flexibility index (Phi) is 4.49. The Morgan fingerprint density at radius 1 is 1.24 bits per heavy atom. The maximum Gasteiger partial charge on any atom is 0.270 e. The second-order valence-electron chi connectivity index (χ2n) is 6.08. The number of benzene rings is 1. The molecule has 0 saturated heterocycles. The Morgan fingerprint density at radius 2 is 1.81 bits per heavy atom. The average molecular weight is 328 g/mol. The van der Waals surface area contributed by atoms with Crippen LogP contribution in [0.2, 0.25) is 10.0 Å². The Hall–Kier alpha value is -1.26. The van der Waals surface area contributed by atoms with E-state index >= 15 is 0 Å². The van der Waals surface area contributed by atoms with Gasteiger partial charge in [0.2, 0.25) is 0 Å². The van der Waals surface area contributed by atoms with Crippen molar-refractivity contribution in [2.24, 2.45) is 5.10 Å². The van der Waals surface area contributed by atoms with Crippen molar-refractivity contribution < 1.29 is 4.79 Å². The lowest BCUT2D eigenvalue weighted by atomic mass is 10.1. The number of hydrogen-bond donors (Lipinski definition) is 0. The summed E-state index contributed by atoms with van der Waals surface area (Å²) in [5.41, 5.74) is 1.13. The normalized spacial score (nSPS) is 15.1. The van der Waals surface area contributed by atoms with Gasteiger partial charge in [-0.05, 0) is 39.0 Å². The quantitative estimate of drug-likeness (QED) is 0.827. The van der Waals surface area contributed by atoms with Gasteiger partial charge in [-0.25, -0.2) is 0 Å². The summed E-state index contributed by atoms with van der Waals surface area (Å²) in [4.78, 5) is 14.1. The van der Waals surface area contributed by atoms with E-state index in [9.17, 15) is 4.79 Å². The minimum atomic E-state index is -0.230. The first kappa shape index (κ1) is 16.1. The van der Waals surface area contributed by atoms with Gasteiger partial charge in [0.05, 0.1) is 5.69 Å². The highest BCUT2D eigenvalue weighted by atomic mass is 35.5. The lowest BCUT2D eigenvalue weighted by Gasteiger charge is -2.31. The molecule has 0 saturated carbocycles. The van der Waals surface area contributed by atoms with Crippen LogP contribution in [-0.4, -0.2) is 35.7 Å². The van der Waals surface area contributed by atoms with Crippen molar-refractivity contribution in [1.29, 1.82) is 0 Å². The number of hydrogen-bond acceptors (Lipinski definition) is 3. The number of carbonyl (C=O) groups is 1. The van der Waals surface area contributed by atoms with Crippen molar-refractivity contribution in [2.45, 2.75) is 32.7 Å². The number of nitrogens with zero attached hydrogens (tertiary/aromatic N) is 3. The van der Waals surface area contributed by atoms with Gasteiger partial charge in [-0.1, -0.05) is 23.2 Å². The van der Waals surface area contributed by atoms with Crippen LogP contribution < -0.4 is 5.01 Å². The summed E-state index contributed by atoms with van der Waals surface area (Å²) in [5.74, 6) is -0.0434. The van der Waals surface area contributed by atoms with Crippen molar-refractivity contribution >= 4 is 40.5 Å². The van der Waals surface area contributed by atoms with Gasteiger partial charge in [0.1, 0.15) is 5.71 Å². The fourth-order valence-corrected chi connectivity index (χ4v) is 2.50. The fraction of sp³-hybridized carbons (Fsp3) is 0.467. The van der Waals surface area contributed by atoms with Crippen LogP contribution in [0.1, 0.15) is 27.2 Å². The summed E-state index contributed by atoms with van der Waals surface area (Å²) < 4.78 is 0. The SMILES string of the molecule is CN(C(=O)C1=NN(c2cc(Cl)cc(Cl)c2)CC1)C(C)(C)C. The highest BCUT2D eigenvalue weighted by Gasteiger charge is 2.29. The lowest BCUT2D eigenvalue weighted by Crippen LogP contribution is -2.45. The van der Waals surface area contributed by atoms with Gasteiger partial charge >= 0.3 is 0 Å². The van der Waals surface area contributed by atoms with Crippen molar-refractivity contribution in [3.63, 3.8) is 0 Å².